The van der Waals surface area contributed by atoms with Crippen LogP contribution in [0.2, 0.25) is 10.0 Å². The molecule has 0 fully saturated rings. The Morgan fingerprint density at radius 3 is 2.48 bits per heavy atom. The number of ether oxygens (including phenoxy) is 1. The molecule has 4 aromatic rings. The Bertz CT molecular complexity index is 1860. The molecule has 48 heavy (non-hydrogen) atoms. The highest BCUT2D eigenvalue weighted by atomic mass is 35.5. The van der Waals surface area contributed by atoms with Crippen molar-refractivity contribution in [1.29, 1.82) is 0 Å². The van der Waals surface area contributed by atoms with Crippen molar-refractivity contribution in [3.63, 3.8) is 0 Å². The van der Waals surface area contributed by atoms with Crippen molar-refractivity contribution < 1.29 is 28.6 Å². The monoisotopic (exact) mass is 695 g/mol. The van der Waals surface area contributed by atoms with Crippen LogP contribution < -0.4 is 16.2 Å². The highest BCUT2D eigenvalue weighted by Crippen LogP contribution is 2.36. The summed E-state index contributed by atoms with van der Waals surface area (Å²) in [5.41, 5.74) is -0.809. The van der Waals surface area contributed by atoms with Gasteiger partial charge in [-0.3, -0.25) is 23.7 Å². The first-order chi connectivity index (χ1) is 22.8. The van der Waals surface area contributed by atoms with Crippen LogP contribution in [-0.4, -0.2) is 49.1 Å². The molecule has 1 aliphatic heterocycles. The Kier molecular flexibility index (Phi) is 10.7. The lowest BCUT2D eigenvalue weighted by molar-refractivity contribution is -0.156. The van der Waals surface area contributed by atoms with Gasteiger partial charge in [0.1, 0.15) is 17.1 Å². The zero-order valence-corrected chi connectivity index (χ0v) is 28.1. The van der Waals surface area contributed by atoms with E-state index < -0.39 is 47.5 Å². The highest BCUT2D eigenvalue weighted by Gasteiger charge is 2.34. The molecule has 2 aromatic heterocycles. The van der Waals surface area contributed by atoms with E-state index >= 15 is 0 Å². The molecule has 3 heterocycles. The predicted molar refractivity (Wildman–Crippen MR) is 179 cm³/mol. The average molecular weight is 697 g/mol. The number of nitrogens with one attached hydrogen (secondary N) is 2. The molecular formula is C34H35Cl2N5O7. The molecule has 12 nitrogen and oxygen atoms in total. The Morgan fingerprint density at radius 1 is 1.08 bits per heavy atom. The summed E-state index contributed by atoms with van der Waals surface area (Å²) in [7, 11) is 0. The van der Waals surface area contributed by atoms with E-state index in [0.717, 1.165) is 5.56 Å². The Morgan fingerprint density at radius 2 is 1.79 bits per heavy atom. The zero-order valence-electron chi connectivity index (χ0n) is 26.6. The third-order valence-electron chi connectivity index (χ3n) is 7.48. The number of carbonyl (C=O) groups excluding carboxylic acids is 3. The van der Waals surface area contributed by atoms with Gasteiger partial charge in [0.2, 0.25) is 11.8 Å². The van der Waals surface area contributed by atoms with Crippen LogP contribution in [0.1, 0.15) is 73.9 Å². The van der Waals surface area contributed by atoms with Gasteiger partial charge in [0.05, 0.1) is 34.3 Å². The number of fused-ring (bicyclic) bond motifs is 1. The summed E-state index contributed by atoms with van der Waals surface area (Å²) in [4.78, 5) is 62.0. The van der Waals surface area contributed by atoms with Gasteiger partial charge in [-0.15, -0.1) is 0 Å². The van der Waals surface area contributed by atoms with Crippen LogP contribution in [-0.2, 0) is 33.7 Å². The van der Waals surface area contributed by atoms with Crippen LogP contribution in [0, 0.1) is 0 Å². The van der Waals surface area contributed by atoms with E-state index in [1.807, 2.05) is 30.3 Å². The number of aromatic nitrogens is 3. The number of rotatable bonds is 11. The van der Waals surface area contributed by atoms with Crippen molar-refractivity contribution in [3.05, 3.63) is 98.1 Å². The van der Waals surface area contributed by atoms with Gasteiger partial charge in [-0.25, -0.2) is 9.97 Å². The number of hydrogen-bond donors (Lipinski definition) is 3. The van der Waals surface area contributed by atoms with Gasteiger partial charge < -0.3 is 24.9 Å². The van der Waals surface area contributed by atoms with E-state index in [4.69, 9.17) is 32.4 Å². The van der Waals surface area contributed by atoms with E-state index in [-0.39, 0.29) is 39.5 Å². The largest absolute Gasteiger partial charge is 0.460 e. The van der Waals surface area contributed by atoms with Crippen molar-refractivity contribution >= 4 is 46.7 Å². The lowest BCUT2D eigenvalue weighted by Gasteiger charge is -2.25. The summed E-state index contributed by atoms with van der Waals surface area (Å²) in [5.74, 6) is -1.84. The molecule has 0 aliphatic carbocycles. The predicted octanol–water partition coefficient (Wildman–Crippen LogP) is 5.29. The normalized spacial score (nSPS) is 13.8. The third kappa shape index (κ3) is 8.30. The second-order valence-electron chi connectivity index (χ2n) is 12.3. The molecule has 3 N–H and O–H groups in total. The molecule has 2 aromatic carbocycles. The molecule has 0 spiro atoms. The van der Waals surface area contributed by atoms with Crippen LogP contribution in [0.25, 0.3) is 11.3 Å². The molecule has 0 bridgehead atoms. The number of carbonyl (C=O) groups is 3. The average Bonchev–Trinajstić information content (AvgIpc) is 3.71. The standard InChI is InChI=1S/C34H35Cl2N5O7/c1-34(2,3)48-26(43)17-22(30(44)32-37-18-23(47-32)27-20(35)11-7-12-21(27)36)38-31(45)28-29(33(46)41-16-8-13-24(41)39-28)40-25(42)15-14-19-9-5-4-6-10-19/h4-7,9-12,18,22,30,44H,8,13-17H2,1-3H3,(H,38,45)(H,40,42)/t22-,30?/m0/s1. The second kappa shape index (κ2) is 14.7. The first kappa shape index (κ1) is 34.8. The van der Waals surface area contributed by atoms with Crippen molar-refractivity contribution in [3.8, 4) is 11.3 Å². The Hall–Kier alpha value is -4.52. The van der Waals surface area contributed by atoms with E-state index in [9.17, 15) is 24.3 Å². The summed E-state index contributed by atoms with van der Waals surface area (Å²) < 4.78 is 12.7. The van der Waals surface area contributed by atoms with Gasteiger partial charge in [-0.1, -0.05) is 59.6 Å². The number of aryl methyl sites for hydroxylation is 2. The van der Waals surface area contributed by atoms with Crippen molar-refractivity contribution in [1.82, 2.24) is 19.9 Å². The number of benzene rings is 2. The fourth-order valence-corrected chi connectivity index (χ4v) is 5.87. The van der Waals surface area contributed by atoms with E-state index in [1.165, 1.54) is 10.8 Å². The van der Waals surface area contributed by atoms with Crippen LogP contribution in [0.3, 0.4) is 0 Å². The molecule has 1 unspecified atom stereocenters. The fraction of sp³-hybridized carbons (Fsp3) is 0.353. The maximum atomic E-state index is 13.9. The summed E-state index contributed by atoms with van der Waals surface area (Å²) in [6.45, 7) is 5.42. The number of esters is 1. The summed E-state index contributed by atoms with van der Waals surface area (Å²) in [6.07, 6.45) is 0.684. The number of amides is 2. The van der Waals surface area contributed by atoms with E-state index in [2.05, 4.69) is 20.6 Å². The van der Waals surface area contributed by atoms with Crippen LogP contribution in [0.5, 0.6) is 0 Å². The smallest absolute Gasteiger partial charge is 0.308 e. The molecule has 0 radical (unpaired) electrons. The third-order valence-corrected chi connectivity index (χ3v) is 8.11. The van der Waals surface area contributed by atoms with E-state index in [0.29, 0.717) is 37.2 Å². The SMILES string of the molecule is CC(C)(C)OC(=O)C[C@H](NC(=O)c1nc2n(c(=O)c1NC(=O)CCc1ccccc1)CCC2)C(O)c1ncc(-c2c(Cl)cccc2Cl)o1. The lowest BCUT2D eigenvalue weighted by atomic mass is 10.1. The number of aliphatic hydroxyl groups is 1. The summed E-state index contributed by atoms with van der Waals surface area (Å²) in [5, 5.41) is 17.2. The van der Waals surface area contributed by atoms with Gasteiger partial charge >= 0.3 is 5.97 Å². The quantitative estimate of drug-likeness (QED) is 0.177. The number of anilines is 1. The summed E-state index contributed by atoms with van der Waals surface area (Å²) in [6, 6.07) is 12.9. The molecular weight excluding hydrogens is 661 g/mol. The van der Waals surface area contributed by atoms with Gasteiger partial charge in [0, 0.05) is 19.4 Å². The molecule has 252 valence electrons. The highest BCUT2D eigenvalue weighted by molar-refractivity contribution is 6.39. The van der Waals surface area contributed by atoms with Crippen molar-refractivity contribution in [2.45, 2.75) is 77.2 Å². The first-order valence-electron chi connectivity index (χ1n) is 15.4. The van der Waals surface area contributed by atoms with Gasteiger partial charge in [0.15, 0.2) is 17.6 Å². The number of oxazole rings is 1. The Balaban J connectivity index is 1.44. The maximum Gasteiger partial charge on any atom is 0.308 e. The van der Waals surface area contributed by atoms with Crippen molar-refractivity contribution in [2.24, 2.45) is 0 Å². The minimum atomic E-state index is -1.67. The summed E-state index contributed by atoms with van der Waals surface area (Å²) >= 11 is 12.6. The second-order valence-corrected chi connectivity index (χ2v) is 13.1. The first-order valence-corrected chi connectivity index (χ1v) is 16.1. The molecule has 2 amide bonds. The molecule has 2 atom stereocenters. The number of halogens is 2. The fourth-order valence-electron chi connectivity index (χ4n) is 5.28. The molecule has 1 aliphatic rings. The van der Waals surface area contributed by atoms with Gasteiger partial charge in [0.25, 0.3) is 11.5 Å². The van der Waals surface area contributed by atoms with Gasteiger partial charge in [-0.2, -0.15) is 0 Å². The van der Waals surface area contributed by atoms with Gasteiger partial charge in [-0.05, 0) is 51.3 Å². The van der Waals surface area contributed by atoms with Crippen LogP contribution >= 0.6 is 23.2 Å². The topological polar surface area (TPSA) is 166 Å². The number of aliphatic hydroxyl groups excluding tert-OH is 1. The molecule has 14 heteroatoms. The van der Waals surface area contributed by atoms with Crippen LogP contribution in [0.15, 0.2) is 63.9 Å². The van der Waals surface area contributed by atoms with E-state index in [1.54, 1.807) is 39.0 Å². The molecule has 5 rings (SSSR count). The number of hydrogen-bond acceptors (Lipinski definition) is 9. The minimum absolute atomic E-state index is 0.0498. The minimum Gasteiger partial charge on any atom is -0.460 e. The Labute approximate surface area is 286 Å². The molecule has 0 saturated heterocycles. The number of nitrogens with zero attached hydrogens (tertiary/aromatic N) is 3. The molecule has 0 saturated carbocycles. The maximum absolute atomic E-state index is 13.9. The van der Waals surface area contributed by atoms with Crippen LogP contribution in [0.4, 0.5) is 5.69 Å². The zero-order chi connectivity index (χ0) is 34.6. The lowest BCUT2D eigenvalue weighted by Crippen LogP contribution is -2.43. The van der Waals surface area contributed by atoms with Crippen molar-refractivity contribution in [2.75, 3.05) is 5.32 Å².